The summed E-state index contributed by atoms with van der Waals surface area (Å²) >= 11 is 5.82. The van der Waals surface area contributed by atoms with Crippen molar-refractivity contribution in [1.29, 1.82) is 0 Å². The lowest BCUT2D eigenvalue weighted by atomic mass is 10.2. The maximum absolute atomic E-state index is 12.6. The molecule has 1 aliphatic rings. The Labute approximate surface area is 131 Å². The van der Waals surface area contributed by atoms with E-state index in [2.05, 4.69) is 12.4 Å². The van der Waals surface area contributed by atoms with Gasteiger partial charge in [-0.2, -0.15) is 13.2 Å². The zero-order valence-corrected chi connectivity index (χ0v) is 12.9. The van der Waals surface area contributed by atoms with Crippen LogP contribution in [0, 0.1) is 0 Å². The highest BCUT2D eigenvalue weighted by molar-refractivity contribution is 6.33. The number of piperazine rings is 1. The van der Waals surface area contributed by atoms with E-state index >= 15 is 0 Å². The number of carbonyl (C=O) groups is 1. The van der Waals surface area contributed by atoms with Crippen LogP contribution in [-0.4, -0.2) is 45.7 Å². The van der Waals surface area contributed by atoms with Crippen LogP contribution in [0.4, 0.5) is 18.9 Å². The smallest absolute Gasteiger partial charge is 0.328 e. The molecule has 2 rings (SSSR count). The standard InChI is InChI=1S/C14H17ClF3N3O/c1-20-4-6-21(7-5-20)9-13(22)19-12-3-2-10(8-11(12)15)14(16,17)18/h2-3,8H,4-7,9H2,1H3,(H,19,22)/p+2. The van der Waals surface area contributed by atoms with E-state index in [1.165, 1.54) is 15.9 Å². The lowest BCUT2D eigenvalue weighted by Gasteiger charge is -2.26. The minimum atomic E-state index is -4.45. The van der Waals surface area contributed by atoms with E-state index in [-0.39, 0.29) is 16.6 Å². The number of nitrogens with one attached hydrogen (secondary N) is 3. The van der Waals surface area contributed by atoms with Gasteiger partial charge < -0.3 is 15.1 Å². The zero-order valence-electron chi connectivity index (χ0n) is 12.2. The molecule has 0 atom stereocenters. The molecule has 0 bridgehead atoms. The number of alkyl halides is 3. The Bertz CT molecular complexity index is 543. The van der Waals surface area contributed by atoms with Gasteiger partial charge in [0.05, 0.1) is 23.3 Å². The molecule has 8 heteroatoms. The highest BCUT2D eigenvalue weighted by Gasteiger charge is 2.31. The number of halogens is 4. The van der Waals surface area contributed by atoms with Gasteiger partial charge in [-0.3, -0.25) is 4.79 Å². The number of rotatable bonds is 3. The topological polar surface area (TPSA) is 38.0 Å². The predicted molar refractivity (Wildman–Crippen MR) is 77.3 cm³/mol. The fourth-order valence-corrected chi connectivity index (χ4v) is 2.65. The molecule has 1 aromatic rings. The summed E-state index contributed by atoms with van der Waals surface area (Å²) in [4.78, 5) is 14.6. The summed E-state index contributed by atoms with van der Waals surface area (Å²) < 4.78 is 37.7. The summed E-state index contributed by atoms with van der Waals surface area (Å²) in [6.45, 7) is 4.11. The first-order valence-corrected chi connectivity index (χ1v) is 7.45. The van der Waals surface area contributed by atoms with Crippen molar-refractivity contribution >= 4 is 23.2 Å². The third kappa shape index (κ3) is 4.59. The van der Waals surface area contributed by atoms with Gasteiger partial charge in [-0.15, -0.1) is 0 Å². The molecule has 0 saturated carbocycles. The molecule has 1 amide bonds. The Kier molecular flexibility index (Phi) is 5.31. The van der Waals surface area contributed by atoms with E-state index in [0.717, 1.165) is 38.3 Å². The van der Waals surface area contributed by atoms with E-state index in [1.807, 2.05) is 0 Å². The molecule has 1 saturated heterocycles. The van der Waals surface area contributed by atoms with Crippen molar-refractivity contribution in [2.75, 3.05) is 45.1 Å². The van der Waals surface area contributed by atoms with Crippen molar-refractivity contribution in [3.8, 4) is 0 Å². The second-order valence-electron chi connectivity index (χ2n) is 5.62. The Morgan fingerprint density at radius 3 is 2.45 bits per heavy atom. The summed E-state index contributed by atoms with van der Waals surface area (Å²) in [5.41, 5.74) is -0.623. The Balaban J connectivity index is 1.94. The van der Waals surface area contributed by atoms with Gasteiger partial charge in [-0.25, -0.2) is 0 Å². The summed E-state index contributed by atoms with van der Waals surface area (Å²) in [6.07, 6.45) is -4.45. The van der Waals surface area contributed by atoms with Gasteiger partial charge in [-0.05, 0) is 18.2 Å². The molecule has 1 aliphatic heterocycles. The van der Waals surface area contributed by atoms with Crippen LogP contribution < -0.4 is 15.1 Å². The van der Waals surface area contributed by atoms with Crippen molar-refractivity contribution in [1.82, 2.24) is 0 Å². The van der Waals surface area contributed by atoms with Crippen LogP contribution in [0.25, 0.3) is 0 Å². The normalized spacial score (nSPS) is 22.4. The fraction of sp³-hybridized carbons (Fsp3) is 0.500. The van der Waals surface area contributed by atoms with Gasteiger partial charge in [-0.1, -0.05) is 11.6 Å². The maximum atomic E-state index is 12.6. The number of benzene rings is 1. The van der Waals surface area contributed by atoms with E-state index < -0.39 is 11.7 Å². The molecule has 0 aliphatic carbocycles. The SMILES string of the molecule is C[NH+]1CC[NH+](CC(=O)Nc2ccc(C(F)(F)F)cc2Cl)CC1. The largest absolute Gasteiger partial charge is 0.416 e. The van der Waals surface area contributed by atoms with Gasteiger partial charge in [0, 0.05) is 0 Å². The first-order valence-electron chi connectivity index (χ1n) is 7.07. The lowest BCUT2D eigenvalue weighted by Crippen LogP contribution is -3.27. The molecular formula is C14H19ClF3N3O+2. The monoisotopic (exact) mass is 337 g/mol. The third-order valence-electron chi connectivity index (χ3n) is 3.79. The van der Waals surface area contributed by atoms with E-state index in [4.69, 9.17) is 11.6 Å². The molecule has 4 nitrogen and oxygen atoms in total. The van der Waals surface area contributed by atoms with E-state index in [1.54, 1.807) is 0 Å². The maximum Gasteiger partial charge on any atom is 0.416 e. The average molecular weight is 338 g/mol. The number of anilines is 1. The van der Waals surface area contributed by atoms with Crippen LogP contribution in [-0.2, 0) is 11.0 Å². The zero-order chi connectivity index (χ0) is 16.3. The summed E-state index contributed by atoms with van der Waals surface area (Å²) in [5.74, 6) is -0.240. The van der Waals surface area contributed by atoms with Crippen LogP contribution >= 0.6 is 11.6 Å². The van der Waals surface area contributed by atoms with Crippen LogP contribution in [0.3, 0.4) is 0 Å². The van der Waals surface area contributed by atoms with E-state index in [9.17, 15) is 18.0 Å². The minimum absolute atomic E-state index is 0.110. The Hall–Kier alpha value is -1.31. The number of likely N-dealkylation sites (N-methyl/N-ethyl adjacent to an activating group) is 1. The van der Waals surface area contributed by atoms with Crippen LogP contribution in [0.15, 0.2) is 18.2 Å². The molecule has 1 aromatic carbocycles. The number of carbonyl (C=O) groups excluding carboxylic acids is 1. The van der Waals surface area contributed by atoms with Crippen molar-refractivity contribution in [2.45, 2.75) is 6.18 Å². The van der Waals surface area contributed by atoms with Crippen LogP contribution in [0.1, 0.15) is 5.56 Å². The number of hydrogen-bond donors (Lipinski definition) is 3. The second kappa shape index (κ2) is 6.85. The third-order valence-corrected chi connectivity index (χ3v) is 4.10. The predicted octanol–water partition coefficient (Wildman–Crippen LogP) is -0.289. The van der Waals surface area contributed by atoms with Crippen molar-refractivity contribution in [3.05, 3.63) is 28.8 Å². The highest BCUT2D eigenvalue weighted by atomic mass is 35.5. The van der Waals surface area contributed by atoms with Gasteiger partial charge >= 0.3 is 6.18 Å². The van der Waals surface area contributed by atoms with Gasteiger partial charge in [0.25, 0.3) is 5.91 Å². The van der Waals surface area contributed by atoms with Crippen molar-refractivity contribution in [3.63, 3.8) is 0 Å². The minimum Gasteiger partial charge on any atom is -0.328 e. The molecule has 0 aromatic heterocycles. The average Bonchev–Trinajstić information content (AvgIpc) is 2.42. The fourth-order valence-electron chi connectivity index (χ4n) is 2.42. The molecule has 122 valence electrons. The van der Waals surface area contributed by atoms with Crippen LogP contribution in [0.2, 0.25) is 5.02 Å². The molecule has 0 spiro atoms. The van der Waals surface area contributed by atoms with Gasteiger partial charge in [0.2, 0.25) is 0 Å². The summed E-state index contributed by atoms with van der Waals surface area (Å²) in [6, 6.07) is 2.92. The molecule has 0 unspecified atom stereocenters. The Morgan fingerprint density at radius 1 is 1.27 bits per heavy atom. The molecule has 3 N–H and O–H groups in total. The molecule has 0 radical (unpaired) electrons. The first-order chi connectivity index (χ1) is 10.3. The van der Waals surface area contributed by atoms with E-state index in [0.29, 0.717) is 6.54 Å². The molecule has 1 fully saturated rings. The van der Waals surface area contributed by atoms with Crippen molar-refractivity contribution < 1.29 is 27.8 Å². The second-order valence-corrected chi connectivity index (χ2v) is 6.03. The number of quaternary nitrogens is 2. The van der Waals surface area contributed by atoms with Gasteiger partial charge in [0.15, 0.2) is 6.54 Å². The van der Waals surface area contributed by atoms with Gasteiger partial charge in [0.1, 0.15) is 26.2 Å². The van der Waals surface area contributed by atoms with Crippen molar-refractivity contribution in [2.24, 2.45) is 0 Å². The summed E-state index contributed by atoms with van der Waals surface area (Å²) in [5, 5.41) is 2.47. The number of hydrogen-bond acceptors (Lipinski definition) is 1. The molecule has 22 heavy (non-hydrogen) atoms. The first kappa shape index (κ1) is 17.1. The lowest BCUT2D eigenvalue weighted by molar-refractivity contribution is -0.999. The quantitative estimate of drug-likeness (QED) is 0.697. The number of amides is 1. The summed E-state index contributed by atoms with van der Waals surface area (Å²) in [7, 11) is 2.11. The Morgan fingerprint density at radius 2 is 1.91 bits per heavy atom. The molecular weight excluding hydrogens is 319 g/mol. The molecule has 1 heterocycles. The highest BCUT2D eigenvalue weighted by Crippen LogP contribution is 2.33. The van der Waals surface area contributed by atoms with Crippen LogP contribution in [0.5, 0.6) is 0 Å².